The normalized spacial score (nSPS) is 19.0. The lowest BCUT2D eigenvalue weighted by atomic mass is 9.98. The Morgan fingerprint density at radius 1 is 1.53 bits per heavy atom. The number of piperazine rings is 1. The van der Waals surface area contributed by atoms with Gasteiger partial charge < -0.3 is 10.2 Å². The molecule has 1 N–H and O–H groups in total. The highest BCUT2D eigenvalue weighted by molar-refractivity contribution is 7.08. The van der Waals surface area contributed by atoms with Gasteiger partial charge in [-0.3, -0.25) is 9.59 Å². The lowest BCUT2D eigenvalue weighted by Gasteiger charge is -2.40. The molecule has 2 heterocycles. The first kappa shape index (κ1) is 12.0. The predicted molar refractivity (Wildman–Crippen MR) is 62.8 cm³/mol. The number of aromatic nitrogens is 2. The van der Waals surface area contributed by atoms with Crippen LogP contribution in [-0.4, -0.2) is 44.9 Å². The molecule has 0 aliphatic carbocycles. The molecular formula is C10H14N4O2S. The summed E-state index contributed by atoms with van der Waals surface area (Å²) < 4.78 is 3.75. The van der Waals surface area contributed by atoms with E-state index in [1.807, 2.05) is 0 Å². The van der Waals surface area contributed by atoms with Crippen molar-refractivity contribution < 1.29 is 9.59 Å². The molecule has 2 rings (SSSR count). The molecule has 1 aliphatic heterocycles. The van der Waals surface area contributed by atoms with E-state index in [1.54, 1.807) is 25.7 Å². The maximum Gasteiger partial charge on any atom is 0.268 e. The molecule has 1 fully saturated rings. The Morgan fingerprint density at radius 3 is 2.82 bits per heavy atom. The van der Waals surface area contributed by atoms with Crippen molar-refractivity contribution in [1.82, 2.24) is 19.8 Å². The van der Waals surface area contributed by atoms with Gasteiger partial charge in [0, 0.05) is 13.1 Å². The molecule has 7 heteroatoms. The summed E-state index contributed by atoms with van der Waals surface area (Å²) in [5.74, 6) is -0.301. The van der Waals surface area contributed by atoms with E-state index in [2.05, 4.69) is 14.9 Å². The smallest absolute Gasteiger partial charge is 0.268 e. The zero-order valence-corrected chi connectivity index (χ0v) is 10.8. The van der Waals surface area contributed by atoms with Crippen molar-refractivity contribution >= 4 is 23.3 Å². The van der Waals surface area contributed by atoms with Crippen molar-refractivity contribution in [2.75, 3.05) is 13.1 Å². The molecule has 1 aromatic heterocycles. The molecule has 0 aromatic carbocycles. The minimum atomic E-state index is -0.828. The van der Waals surface area contributed by atoms with E-state index in [0.29, 0.717) is 23.7 Å². The van der Waals surface area contributed by atoms with Crippen LogP contribution in [0.4, 0.5) is 0 Å². The zero-order chi connectivity index (χ0) is 12.6. The van der Waals surface area contributed by atoms with Gasteiger partial charge in [0.15, 0.2) is 0 Å². The Kier molecular flexibility index (Phi) is 2.86. The molecule has 0 bridgehead atoms. The zero-order valence-electron chi connectivity index (χ0n) is 9.98. The van der Waals surface area contributed by atoms with Crippen molar-refractivity contribution in [3.63, 3.8) is 0 Å². The number of nitrogens with zero attached hydrogens (tertiary/aromatic N) is 3. The largest absolute Gasteiger partial charge is 0.352 e. The predicted octanol–water partition coefficient (Wildman–Crippen LogP) is 0.197. The van der Waals surface area contributed by atoms with Crippen LogP contribution in [-0.2, 0) is 4.79 Å². The summed E-state index contributed by atoms with van der Waals surface area (Å²) in [5, 5.41) is 6.58. The highest BCUT2D eigenvalue weighted by Crippen LogP contribution is 2.22. The van der Waals surface area contributed by atoms with Crippen LogP contribution in [0.1, 0.15) is 29.2 Å². The van der Waals surface area contributed by atoms with Gasteiger partial charge in [0.1, 0.15) is 10.4 Å². The molecule has 1 saturated heterocycles. The van der Waals surface area contributed by atoms with E-state index in [4.69, 9.17) is 0 Å². The van der Waals surface area contributed by atoms with Crippen molar-refractivity contribution in [2.24, 2.45) is 0 Å². The van der Waals surface area contributed by atoms with Gasteiger partial charge in [-0.25, -0.2) is 0 Å². The topological polar surface area (TPSA) is 75.2 Å². The van der Waals surface area contributed by atoms with Gasteiger partial charge >= 0.3 is 0 Å². The Balaban J connectivity index is 2.31. The molecule has 0 radical (unpaired) electrons. The first-order chi connectivity index (χ1) is 7.94. The maximum atomic E-state index is 12.3. The third kappa shape index (κ3) is 1.90. The van der Waals surface area contributed by atoms with Crippen LogP contribution < -0.4 is 5.32 Å². The summed E-state index contributed by atoms with van der Waals surface area (Å²) in [5.41, 5.74) is -0.215. The van der Waals surface area contributed by atoms with Gasteiger partial charge in [-0.1, -0.05) is 4.49 Å². The molecule has 17 heavy (non-hydrogen) atoms. The Hall–Kier alpha value is -1.50. The van der Waals surface area contributed by atoms with Gasteiger partial charge in [0.2, 0.25) is 5.91 Å². The molecule has 0 saturated carbocycles. The lowest BCUT2D eigenvalue weighted by Crippen LogP contribution is -2.63. The molecule has 1 aliphatic rings. The van der Waals surface area contributed by atoms with Crippen LogP contribution >= 0.6 is 11.5 Å². The third-order valence-corrected chi connectivity index (χ3v) is 3.76. The quantitative estimate of drug-likeness (QED) is 0.776. The first-order valence-corrected chi connectivity index (χ1v) is 6.11. The van der Waals surface area contributed by atoms with Gasteiger partial charge in [-0.05, 0) is 32.3 Å². The number of rotatable bonds is 1. The summed E-state index contributed by atoms with van der Waals surface area (Å²) in [7, 11) is 0. The molecule has 92 valence electrons. The van der Waals surface area contributed by atoms with Crippen molar-refractivity contribution in [3.05, 3.63) is 10.6 Å². The fraction of sp³-hybridized carbons (Fsp3) is 0.600. The number of carbonyl (C=O) groups is 2. The Bertz CT molecular complexity index is 469. The molecular weight excluding hydrogens is 240 g/mol. The van der Waals surface area contributed by atoms with Crippen LogP contribution in [0.15, 0.2) is 0 Å². The molecule has 0 atom stereocenters. The van der Waals surface area contributed by atoms with E-state index in [-0.39, 0.29) is 11.8 Å². The molecule has 6 nitrogen and oxygen atoms in total. The number of amides is 2. The minimum Gasteiger partial charge on any atom is -0.352 e. The van der Waals surface area contributed by atoms with E-state index in [9.17, 15) is 9.59 Å². The van der Waals surface area contributed by atoms with E-state index in [1.165, 1.54) is 0 Å². The fourth-order valence-electron chi connectivity index (χ4n) is 1.81. The number of hydrogen-bond acceptors (Lipinski definition) is 5. The lowest BCUT2D eigenvalue weighted by molar-refractivity contribution is -0.133. The second-order valence-electron chi connectivity index (χ2n) is 4.46. The van der Waals surface area contributed by atoms with Gasteiger partial charge in [-0.2, -0.15) is 0 Å². The van der Waals surface area contributed by atoms with E-state index >= 15 is 0 Å². The van der Waals surface area contributed by atoms with E-state index < -0.39 is 5.54 Å². The molecule has 2 amide bonds. The summed E-state index contributed by atoms with van der Waals surface area (Å²) in [6.45, 7) is 6.22. The number of carbonyl (C=O) groups excluding carboxylic acids is 2. The minimum absolute atomic E-state index is 0.132. The monoisotopic (exact) mass is 254 g/mol. The number of nitrogens with one attached hydrogen (secondary N) is 1. The van der Waals surface area contributed by atoms with Gasteiger partial charge in [0.05, 0.1) is 5.69 Å². The highest BCUT2D eigenvalue weighted by atomic mass is 32.1. The molecule has 1 aromatic rings. The average Bonchev–Trinajstić information content (AvgIpc) is 2.68. The maximum absolute atomic E-state index is 12.3. The summed E-state index contributed by atoms with van der Waals surface area (Å²) in [4.78, 5) is 26.2. The third-order valence-electron chi connectivity index (χ3n) is 2.94. The highest BCUT2D eigenvalue weighted by Gasteiger charge is 2.41. The average molecular weight is 254 g/mol. The van der Waals surface area contributed by atoms with Crippen LogP contribution in [0.5, 0.6) is 0 Å². The second-order valence-corrected chi connectivity index (χ2v) is 5.21. The summed E-state index contributed by atoms with van der Waals surface area (Å²) >= 11 is 1.07. The first-order valence-electron chi connectivity index (χ1n) is 5.34. The Labute approximate surface area is 103 Å². The fourth-order valence-corrected chi connectivity index (χ4v) is 2.41. The van der Waals surface area contributed by atoms with Crippen molar-refractivity contribution in [3.8, 4) is 0 Å². The molecule has 0 unspecified atom stereocenters. The van der Waals surface area contributed by atoms with E-state index in [0.717, 1.165) is 11.5 Å². The summed E-state index contributed by atoms with van der Waals surface area (Å²) in [6, 6.07) is 0. The van der Waals surface area contributed by atoms with Crippen molar-refractivity contribution in [2.45, 2.75) is 26.3 Å². The summed E-state index contributed by atoms with van der Waals surface area (Å²) in [6.07, 6.45) is 0. The standard InChI is InChI=1S/C10H14N4O2S/c1-6-7(17-13-12-6)8(15)14-5-4-11-9(16)10(14,2)3/h4-5H2,1-3H3,(H,11,16). The Morgan fingerprint density at radius 2 is 2.24 bits per heavy atom. The van der Waals surface area contributed by atoms with Gasteiger partial charge in [-0.15, -0.1) is 5.10 Å². The van der Waals surface area contributed by atoms with Crippen molar-refractivity contribution in [1.29, 1.82) is 0 Å². The van der Waals surface area contributed by atoms with Crippen LogP contribution in [0.2, 0.25) is 0 Å². The number of aryl methyl sites for hydroxylation is 1. The van der Waals surface area contributed by atoms with Crippen LogP contribution in [0.3, 0.4) is 0 Å². The van der Waals surface area contributed by atoms with Crippen LogP contribution in [0.25, 0.3) is 0 Å². The SMILES string of the molecule is Cc1nnsc1C(=O)N1CCNC(=O)C1(C)C. The molecule has 0 spiro atoms. The second kappa shape index (κ2) is 4.06. The number of hydrogen-bond donors (Lipinski definition) is 1. The van der Waals surface area contributed by atoms with Crippen LogP contribution in [0, 0.1) is 6.92 Å². The van der Waals surface area contributed by atoms with Gasteiger partial charge in [0.25, 0.3) is 5.91 Å².